The molecule has 0 aromatic heterocycles. The number of ether oxygens (including phenoxy) is 2. The number of benzene rings is 1. The van der Waals surface area contributed by atoms with Crippen molar-refractivity contribution in [1.82, 2.24) is 0 Å². The van der Waals surface area contributed by atoms with Crippen LogP contribution in [-0.4, -0.2) is 24.9 Å². The molecule has 1 aliphatic heterocycles. The molecule has 1 spiro atoms. The molecule has 5 heteroatoms. The fraction of sp³-hybridized carbons (Fsp3) is 0.625. The minimum absolute atomic E-state index is 0.112. The predicted octanol–water partition coefficient (Wildman–Crippen LogP) is 4.19. The van der Waals surface area contributed by atoms with Crippen LogP contribution in [0.1, 0.15) is 37.7 Å². The summed E-state index contributed by atoms with van der Waals surface area (Å²) in [6, 6.07) is 4.21. The van der Waals surface area contributed by atoms with Crippen LogP contribution < -0.4 is 10.5 Å². The highest BCUT2D eigenvalue weighted by molar-refractivity contribution is 9.11. The first kappa shape index (κ1) is 15.8. The largest absolute Gasteiger partial charge is 0.488 e. The van der Waals surface area contributed by atoms with Gasteiger partial charge in [-0.25, -0.2) is 0 Å². The molecule has 1 saturated heterocycles. The van der Waals surface area contributed by atoms with Gasteiger partial charge in [0.1, 0.15) is 11.9 Å². The SMILES string of the molecule is NCCc1cc(Br)c(OC2CCOC3(CCC3)C2)c(Br)c1. The van der Waals surface area contributed by atoms with Crippen molar-refractivity contribution in [3.63, 3.8) is 0 Å². The van der Waals surface area contributed by atoms with Crippen molar-refractivity contribution in [2.24, 2.45) is 5.73 Å². The van der Waals surface area contributed by atoms with Gasteiger partial charge in [0.2, 0.25) is 0 Å². The van der Waals surface area contributed by atoms with Gasteiger partial charge in [0.15, 0.2) is 0 Å². The van der Waals surface area contributed by atoms with Crippen molar-refractivity contribution in [2.75, 3.05) is 13.2 Å². The van der Waals surface area contributed by atoms with Crippen LogP contribution in [0, 0.1) is 0 Å². The average Bonchev–Trinajstić information content (AvgIpc) is 2.42. The van der Waals surface area contributed by atoms with E-state index in [1.54, 1.807) is 0 Å². The summed E-state index contributed by atoms with van der Waals surface area (Å²) in [4.78, 5) is 0. The molecule has 3 rings (SSSR count). The third-order valence-corrected chi connectivity index (χ3v) is 5.67. The Morgan fingerprint density at radius 2 is 2.00 bits per heavy atom. The molecule has 1 aliphatic carbocycles. The van der Waals surface area contributed by atoms with E-state index in [0.29, 0.717) is 6.54 Å². The quantitative estimate of drug-likeness (QED) is 0.796. The van der Waals surface area contributed by atoms with Crippen LogP contribution in [0.5, 0.6) is 5.75 Å². The van der Waals surface area contributed by atoms with E-state index in [4.69, 9.17) is 15.2 Å². The van der Waals surface area contributed by atoms with E-state index in [9.17, 15) is 0 Å². The van der Waals surface area contributed by atoms with Crippen LogP contribution in [0.3, 0.4) is 0 Å². The molecule has 1 unspecified atom stereocenters. The Balaban J connectivity index is 1.72. The Morgan fingerprint density at radius 1 is 1.29 bits per heavy atom. The molecular weight excluding hydrogens is 398 g/mol. The molecular formula is C16H21Br2NO2. The molecule has 2 N–H and O–H groups in total. The highest BCUT2D eigenvalue weighted by Gasteiger charge is 2.43. The Kier molecular flexibility index (Phi) is 4.94. The third kappa shape index (κ3) is 3.46. The lowest BCUT2D eigenvalue weighted by Crippen LogP contribution is -2.48. The molecule has 1 atom stereocenters. The molecule has 116 valence electrons. The molecule has 21 heavy (non-hydrogen) atoms. The molecule has 1 aromatic carbocycles. The maximum Gasteiger partial charge on any atom is 0.148 e. The van der Waals surface area contributed by atoms with Gasteiger partial charge in [-0.3, -0.25) is 0 Å². The molecule has 1 aromatic rings. The van der Waals surface area contributed by atoms with E-state index < -0.39 is 0 Å². The number of hydrogen-bond donors (Lipinski definition) is 1. The summed E-state index contributed by atoms with van der Waals surface area (Å²) in [5, 5.41) is 0. The second-order valence-corrected chi connectivity index (χ2v) is 7.75. The minimum atomic E-state index is 0.112. The van der Waals surface area contributed by atoms with Gasteiger partial charge in [0.25, 0.3) is 0 Å². The highest BCUT2D eigenvalue weighted by atomic mass is 79.9. The smallest absolute Gasteiger partial charge is 0.148 e. The van der Waals surface area contributed by atoms with Crippen molar-refractivity contribution in [2.45, 2.75) is 50.2 Å². The van der Waals surface area contributed by atoms with Crippen LogP contribution in [-0.2, 0) is 11.2 Å². The fourth-order valence-corrected chi connectivity index (χ4v) is 4.67. The Labute approximate surface area is 142 Å². The maximum absolute atomic E-state index is 6.28. The second-order valence-electron chi connectivity index (χ2n) is 6.04. The second kappa shape index (κ2) is 6.57. The Morgan fingerprint density at radius 3 is 2.57 bits per heavy atom. The zero-order valence-corrected chi connectivity index (χ0v) is 15.2. The summed E-state index contributed by atoms with van der Waals surface area (Å²) >= 11 is 7.25. The lowest BCUT2D eigenvalue weighted by atomic mass is 9.74. The normalized spacial score (nSPS) is 23.9. The van der Waals surface area contributed by atoms with Crippen molar-refractivity contribution in [1.29, 1.82) is 0 Å². The first-order chi connectivity index (χ1) is 10.1. The van der Waals surface area contributed by atoms with Crippen LogP contribution in [0.25, 0.3) is 0 Å². The molecule has 1 heterocycles. The number of nitrogens with two attached hydrogens (primary N) is 1. The topological polar surface area (TPSA) is 44.5 Å². The van der Waals surface area contributed by atoms with Gasteiger partial charge < -0.3 is 15.2 Å². The summed E-state index contributed by atoms with van der Waals surface area (Å²) in [7, 11) is 0. The lowest BCUT2D eigenvalue weighted by Gasteiger charge is -2.47. The first-order valence-corrected chi connectivity index (χ1v) is 9.19. The maximum atomic E-state index is 6.28. The number of halogens is 2. The van der Waals surface area contributed by atoms with E-state index in [2.05, 4.69) is 44.0 Å². The van der Waals surface area contributed by atoms with Crippen molar-refractivity contribution >= 4 is 31.9 Å². The van der Waals surface area contributed by atoms with Crippen molar-refractivity contribution in [3.8, 4) is 5.75 Å². The van der Waals surface area contributed by atoms with Crippen molar-refractivity contribution in [3.05, 3.63) is 26.6 Å². The molecule has 3 nitrogen and oxygen atoms in total. The van der Waals surface area contributed by atoms with Crippen LogP contribution in [0.4, 0.5) is 0 Å². The first-order valence-electron chi connectivity index (χ1n) is 7.60. The molecule has 2 aliphatic rings. The molecule has 2 fully saturated rings. The number of hydrogen-bond acceptors (Lipinski definition) is 3. The van der Waals surface area contributed by atoms with Crippen LogP contribution in [0.15, 0.2) is 21.1 Å². The molecule has 0 amide bonds. The van der Waals surface area contributed by atoms with Crippen molar-refractivity contribution < 1.29 is 9.47 Å². The van der Waals surface area contributed by atoms with Gasteiger partial charge in [-0.1, -0.05) is 0 Å². The monoisotopic (exact) mass is 417 g/mol. The molecule has 1 saturated carbocycles. The summed E-state index contributed by atoms with van der Waals surface area (Å²) in [5.74, 6) is 0.900. The van der Waals surface area contributed by atoms with Crippen LogP contribution in [0.2, 0.25) is 0 Å². The summed E-state index contributed by atoms with van der Waals surface area (Å²) in [6.07, 6.45) is 6.75. The molecule has 0 radical (unpaired) electrons. The lowest BCUT2D eigenvalue weighted by molar-refractivity contribution is -0.153. The highest BCUT2D eigenvalue weighted by Crippen LogP contribution is 2.44. The summed E-state index contributed by atoms with van der Waals surface area (Å²) < 4.78 is 14.2. The standard InChI is InChI=1S/C16H21Br2NO2/c17-13-8-11(2-6-19)9-14(18)15(13)21-12-3-7-20-16(10-12)4-1-5-16/h8-9,12H,1-7,10,19H2. The van der Waals surface area contributed by atoms with Gasteiger partial charge in [0, 0.05) is 12.8 Å². The van der Waals surface area contributed by atoms with E-state index >= 15 is 0 Å². The van der Waals surface area contributed by atoms with Gasteiger partial charge in [-0.2, -0.15) is 0 Å². The minimum Gasteiger partial charge on any atom is -0.488 e. The van der Waals surface area contributed by atoms with E-state index in [1.807, 2.05) is 0 Å². The predicted molar refractivity (Wildman–Crippen MR) is 90.8 cm³/mol. The third-order valence-electron chi connectivity index (χ3n) is 4.49. The average molecular weight is 419 g/mol. The Bertz CT molecular complexity index is 494. The van der Waals surface area contributed by atoms with Gasteiger partial charge in [-0.05, 0) is 81.8 Å². The van der Waals surface area contributed by atoms with Gasteiger partial charge in [-0.15, -0.1) is 0 Å². The number of rotatable bonds is 4. The van der Waals surface area contributed by atoms with E-state index in [-0.39, 0.29) is 11.7 Å². The Hall–Kier alpha value is -0.100. The van der Waals surface area contributed by atoms with E-state index in [0.717, 1.165) is 40.6 Å². The summed E-state index contributed by atoms with van der Waals surface area (Å²) in [5.41, 5.74) is 6.95. The zero-order chi connectivity index (χ0) is 14.9. The fourth-order valence-electron chi connectivity index (χ4n) is 3.21. The van der Waals surface area contributed by atoms with E-state index in [1.165, 1.54) is 24.8 Å². The summed E-state index contributed by atoms with van der Waals surface area (Å²) in [6.45, 7) is 1.47. The molecule has 0 bridgehead atoms. The van der Waals surface area contributed by atoms with Gasteiger partial charge >= 0.3 is 0 Å². The van der Waals surface area contributed by atoms with Gasteiger partial charge in [0.05, 0.1) is 21.2 Å². The zero-order valence-electron chi connectivity index (χ0n) is 12.0. The van der Waals surface area contributed by atoms with Crippen LogP contribution >= 0.6 is 31.9 Å².